The minimum Gasteiger partial charge on any atom is -0.493 e. The molecular formula is C23H29N3O3S2. The highest BCUT2D eigenvalue weighted by molar-refractivity contribution is 7.93. The maximum absolute atomic E-state index is 12.6. The summed E-state index contributed by atoms with van der Waals surface area (Å²) in [6.07, 6.45) is 6.29. The molecule has 1 aromatic heterocycles. The first-order valence-electron chi connectivity index (χ1n) is 10.6. The molecule has 0 radical (unpaired) electrons. The van der Waals surface area contributed by atoms with Crippen molar-refractivity contribution in [3.63, 3.8) is 0 Å². The van der Waals surface area contributed by atoms with E-state index in [-0.39, 0.29) is 6.32 Å². The van der Waals surface area contributed by atoms with Crippen molar-refractivity contribution >= 4 is 26.5 Å². The first-order chi connectivity index (χ1) is 15.1. The van der Waals surface area contributed by atoms with Crippen molar-refractivity contribution in [3.05, 3.63) is 71.7 Å². The summed E-state index contributed by atoms with van der Waals surface area (Å²) < 4.78 is 33.4. The SMILES string of the molecule is O=S(=O)(Nc1nccs1)c1ccc2c(c1)OCC[C@@H]2N1CCCCC1.[HH].c1ccccc1. The largest absolute Gasteiger partial charge is 0.493 e. The van der Waals surface area contributed by atoms with E-state index >= 15 is 0 Å². The lowest BCUT2D eigenvalue weighted by molar-refractivity contribution is 0.119. The third-order valence-corrected chi connectivity index (χ3v) is 7.61. The number of sulfonamides is 1. The van der Waals surface area contributed by atoms with Crippen molar-refractivity contribution in [3.8, 4) is 5.75 Å². The van der Waals surface area contributed by atoms with Crippen LogP contribution in [0.3, 0.4) is 0 Å². The number of nitrogens with zero attached hydrogens (tertiary/aromatic N) is 2. The number of anilines is 1. The van der Waals surface area contributed by atoms with E-state index < -0.39 is 10.0 Å². The van der Waals surface area contributed by atoms with Crippen LogP contribution in [0, 0.1) is 0 Å². The molecule has 0 unspecified atom stereocenters. The Morgan fingerprint density at radius 2 is 1.77 bits per heavy atom. The summed E-state index contributed by atoms with van der Waals surface area (Å²) in [6, 6.07) is 17.5. The van der Waals surface area contributed by atoms with Gasteiger partial charge in [-0.05, 0) is 32.0 Å². The van der Waals surface area contributed by atoms with Gasteiger partial charge in [-0.2, -0.15) is 0 Å². The Morgan fingerprint density at radius 3 is 2.42 bits per heavy atom. The molecular weight excluding hydrogens is 430 g/mol. The number of hydrogen-bond donors (Lipinski definition) is 1. The number of ether oxygens (including phenoxy) is 1. The number of fused-ring (bicyclic) bond motifs is 1. The molecule has 3 aromatic rings. The predicted molar refractivity (Wildman–Crippen MR) is 126 cm³/mol. The van der Waals surface area contributed by atoms with E-state index in [4.69, 9.17) is 4.74 Å². The van der Waals surface area contributed by atoms with Crippen LogP contribution in [-0.4, -0.2) is 38.0 Å². The quantitative estimate of drug-likeness (QED) is 0.582. The first kappa shape index (κ1) is 21.8. The van der Waals surface area contributed by atoms with Gasteiger partial charge in [0.25, 0.3) is 10.0 Å². The van der Waals surface area contributed by atoms with Gasteiger partial charge >= 0.3 is 0 Å². The summed E-state index contributed by atoms with van der Waals surface area (Å²) >= 11 is 1.25. The molecule has 5 rings (SSSR count). The molecule has 0 spiro atoms. The molecule has 1 N–H and O–H groups in total. The van der Waals surface area contributed by atoms with Gasteiger partial charge in [0.15, 0.2) is 5.13 Å². The zero-order chi connectivity index (χ0) is 21.5. The molecule has 2 aromatic carbocycles. The number of rotatable bonds is 4. The molecule has 0 aliphatic carbocycles. The summed E-state index contributed by atoms with van der Waals surface area (Å²) in [5.41, 5.74) is 1.10. The second kappa shape index (κ2) is 10.3. The molecule has 1 atom stereocenters. The molecule has 166 valence electrons. The second-order valence-electron chi connectivity index (χ2n) is 7.55. The van der Waals surface area contributed by atoms with Gasteiger partial charge in [0.2, 0.25) is 0 Å². The molecule has 1 saturated heterocycles. The summed E-state index contributed by atoms with van der Waals surface area (Å²) in [4.78, 5) is 6.69. The predicted octanol–water partition coefficient (Wildman–Crippen LogP) is 5.19. The van der Waals surface area contributed by atoms with Crippen LogP contribution in [0.1, 0.15) is 38.7 Å². The Hall–Kier alpha value is -2.42. The number of benzene rings is 2. The van der Waals surface area contributed by atoms with E-state index in [0.29, 0.717) is 23.5 Å². The van der Waals surface area contributed by atoms with Crippen molar-refractivity contribution in [2.75, 3.05) is 24.4 Å². The normalized spacial score (nSPS) is 18.8. The number of aromatic nitrogens is 1. The highest BCUT2D eigenvalue weighted by Crippen LogP contribution is 2.38. The smallest absolute Gasteiger partial charge is 0.263 e. The van der Waals surface area contributed by atoms with Gasteiger partial charge in [0.05, 0.1) is 11.5 Å². The highest BCUT2D eigenvalue weighted by Gasteiger charge is 2.29. The molecule has 31 heavy (non-hydrogen) atoms. The lowest BCUT2D eigenvalue weighted by Gasteiger charge is -2.38. The van der Waals surface area contributed by atoms with E-state index in [1.54, 1.807) is 23.7 Å². The monoisotopic (exact) mass is 459 g/mol. The Balaban J connectivity index is 0.000000360. The van der Waals surface area contributed by atoms with Crippen LogP contribution in [0.5, 0.6) is 5.75 Å². The van der Waals surface area contributed by atoms with Crippen LogP contribution >= 0.6 is 11.3 Å². The van der Waals surface area contributed by atoms with E-state index in [9.17, 15) is 8.42 Å². The summed E-state index contributed by atoms with van der Waals surface area (Å²) in [6.45, 7) is 2.84. The lowest BCUT2D eigenvalue weighted by Crippen LogP contribution is -2.36. The van der Waals surface area contributed by atoms with Gasteiger partial charge in [-0.25, -0.2) is 13.4 Å². The van der Waals surface area contributed by atoms with Gasteiger partial charge in [0.1, 0.15) is 5.75 Å². The Labute approximate surface area is 189 Å². The van der Waals surface area contributed by atoms with Gasteiger partial charge in [-0.3, -0.25) is 9.62 Å². The fourth-order valence-corrected chi connectivity index (χ4v) is 5.76. The summed E-state index contributed by atoms with van der Waals surface area (Å²) in [5.74, 6) is 0.684. The van der Waals surface area contributed by atoms with Crippen LogP contribution < -0.4 is 9.46 Å². The minimum absolute atomic E-state index is 0. The van der Waals surface area contributed by atoms with Crippen LogP contribution in [-0.2, 0) is 10.0 Å². The maximum atomic E-state index is 12.6. The molecule has 0 amide bonds. The third-order valence-electron chi connectivity index (χ3n) is 5.46. The molecule has 0 bridgehead atoms. The maximum Gasteiger partial charge on any atom is 0.263 e. The minimum atomic E-state index is -3.65. The Bertz CT molecular complexity index is 1030. The second-order valence-corrected chi connectivity index (χ2v) is 10.1. The van der Waals surface area contributed by atoms with Crippen molar-refractivity contribution in [1.29, 1.82) is 0 Å². The number of nitrogens with one attached hydrogen (secondary N) is 1. The standard InChI is InChI=1S/C17H21N3O3S2.C6H6.H2/c21-25(22,19-17-18-7-11-24-17)13-4-5-14-15(6-10-23-16(14)12-13)20-8-2-1-3-9-20;1-2-4-6-5-3-1;/h4-5,7,11-12,15H,1-3,6,8-10H2,(H,18,19);1-6H;1H/t15-;;/m0../s1. The zero-order valence-corrected chi connectivity index (χ0v) is 18.9. The average molecular weight is 460 g/mol. The van der Waals surface area contributed by atoms with Crippen LogP contribution in [0.25, 0.3) is 0 Å². The molecule has 2 aliphatic heterocycles. The van der Waals surface area contributed by atoms with E-state index in [2.05, 4.69) is 14.6 Å². The van der Waals surface area contributed by atoms with Crippen molar-refractivity contribution < 1.29 is 14.6 Å². The van der Waals surface area contributed by atoms with Crippen molar-refractivity contribution in [2.45, 2.75) is 36.6 Å². The average Bonchev–Trinajstić information content (AvgIpc) is 3.33. The molecule has 6 nitrogen and oxygen atoms in total. The van der Waals surface area contributed by atoms with Gasteiger partial charge in [-0.15, -0.1) is 11.3 Å². The zero-order valence-electron chi connectivity index (χ0n) is 17.3. The summed E-state index contributed by atoms with van der Waals surface area (Å²) in [5, 5.41) is 2.10. The summed E-state index contributed by atoms with van der Waals surface area (Å²) in [7, 11) is -3.65. The molecule has 0 saturated carbocycles. The molecule has 1 fully saturated rings. The van der Waals surface area contributed by atoms with Gasteiger partial charge in [0, 0.05) is 37.1 Å². The van der Waals surface area contributed by atoms with Crippen LogP contribution in [0.4, 0.5) is 5.13 Å². The molecule has 8 heteroatoms. The number of piperidine rings is 1. The topological polar surface area (TPSA) is 71.5 Å². The fraction of sp³-hybridized carbons (Fsp3) is 0.348. The highest BCUT2D eigenvalue weighted by atomic mass is 32.2. The number of hydrogen-bond acceptors (Lipinski definition) is 6. The van der Waals surface area contributed by atoms with Gasteiger partial charge < -0.3 is 4.74 Å². The van der Waals surface area contributed by atoms with Crippen LogP contribution in [0.15, 0.2) is 71.1 Å². The van der Waals surface area contributed by atoms with E-state index in [0.717, 1.165) is 25.1 Å². The third kappa shape index (κ3) is 5.64. The number of likely N-dealkylation sites (tertiary alicyclic amines) is 1. The Kier molecular flexibility index (Phi) is 7.21. The van der Waals surface area contributed by atoms with Crippen LogP contribution in [0.2, 0.25) is 0 Å². The molecule has 2 aliphatic rings. The molecule has 3 heterocycles. The van der Waals surface area contributed by atoms with Crippen molar-refractivity contribution in [2.24, 2.45) is 0 Å². The first-order valence-corrected chi connectivity index (χ1v) is 12.9. The Morgan fingerprint density at radius 1 is 1.06 bits per heavy atom. The lowest BCUT2D eigenvalue weighted by atomic mass is 9.97. The van der Waals surface area contributed by atoms with E-state index in [1.807, 2.05) is 42.5 Å². The van der Waals surface area contributed by atoms with Gasteiger partial charge in [-0.1, -0.05) is 48.9 Å². The fourth-order valence-electron chi connectivity index (χ4n) is 3.96. The van der Waals surface area contributed by atoms with E-state index in [1.165, 1.54) is 30.6 Å². The van der Waals surface area contributed by atoms with Crippen molar-refractivity contribution in [1.82, 2.24) is 9.88 Å². The number of thiazole rings is 1.